The lowest BCUT2D eigenvalue weighted by atomic mass is 9.98. The van der Waals surface area contributed by atoms with Crippen molar-refractivity contribution in [1.82, 2.24) is 4.98 Å². The third kappa shape index (κ3) is 4.15. The van der Waals surface area contributed by atoms with Gasteiger partial charge >= 0.3 is 5.97 Å². The van der Waals surface area contributed by atoms with Crippen LogP contribution < -0.4 is 9.30 Å². The maximum absolute atomic E-state index is 12.2. The predicted molar refractivity (Wildman–Crippen MR) is 115 cm³/mol. The van der Waals surface area contributed by atoms with E-state index in [4.69, 9.17) is 27.0 Å². The average Bonchev–Trinajstić information content (AvgIpc) is 3.13. The van der Waals surface area contributed by atoms with Crippen LogP contribution >= 0.6 is 0 Å². The molecule has 166 valence electrons. The van der Waals surface area contributed by atoms with Gasteiger partial charge < -0.3 is 19.0 Å². The molecular weight excluding hydrogens is 436 g/mol. The molecule has 1 aliphatic rings. The number of nitrogens with one attached hydrogen (secondary N) is 1. The van der Waals surface area contributed by atoms with Crippen LogP contribution in [0.25, 0.3) is 33.1 Å². The van der Waals surface area contributed by atoms with Crippen LogP contribution in [0.4, 0.5) is 0 Å². The number of esters is 1. The molecule has 0 amide bonds. The molecule has 0 fully saturated rings. The Morgan fingerprint density at radius 2 is 1.91 bits per heavy atom. The Bertz CT molecular complexity index is 1450. The van der Waals surface area contributed by atoms with Crippen molar-refractivity contribution in [3.63, 3.8) is 0 Å². The molecule has 0 radical (unpaired) electrons. The van der Waals surface area contributed by atoms with Crippen molar-refractivity contribution in [3.8, 4) is 17.1 Å². The second kappa shape index (κ2) is 8.23. The Morgan fingerprint density at radius 3 is 2.59 bits per heavy atom. The molecule has 4 aromatic rings. The first-order valence-corrected chi connectivity index (χ1v) is 11.0. The quantitative estimate of drug-likeness (QED) is 0.205. The zero-order valence-corrected chi connectivity index (χ0v) is 18.1. The lowest BCUT2D eigenvalue weighted by Crippen LogP contribution is -2.40. The smallest absolute Gasteiger partial charge is 0.338 e. The zero-order valence-electron chi connectivity index (χ0n) is 17.3. The van der Waals surface area contributed by atoms with Crippen molar-refractivity contribution in [2.45, 2.75) is 13.0 Å². The lowest BCUT2D eigenvalue weighted by Gasteiger charge is -2.13. The van der Waals surface area contributed by atoms with Crippen molar-refractivity contribution in [2.24, 2.45) is 0 Å². The topological polar surface area (TPSA) is 133 Å². The second-order valence-corrected chi connectivity index (χ2v) is 8.08. The van der Waals surface area contributed by atoms with Gasteiger partial charge in [0, 0.05) is 34.7 Å². The molecule has 3 heterocycles. The number of H-pyrrole nitrogens is 1. The molecule has 0 saturated carbocycles. The van der Waals surface area contributed by atoms with E-state index in [1.165, 1.54) is 18.1 Å². The van der Waals surface area contributed by atoms with Crippen LogP contribution in [0.2, 0.25) is 0 Å². The third-order valence-electron chi connectivity index (χ3n) is 5.40. The first kappa shape index (κ1) is 21.8. The number of fused-ring (bicyclic) bond motifs is 6. The van der Waals surface area contributed by atoms with Gasteiger partial charge in [0.1, 0.15) is 11.4 Å². The molecule has 32 heavy (non-hydrogen) atoms. The van der Waals surface area contributed by atoms with Gasteiger partial charge in [-0.2, -0.15) is 4.57 Å². The molecule has 2 aromatic heterocycles. The van der Waals surface area contributed by atoms with Crippen molar-refractivity contribution in [2.75, 3.05) is 14.2 Å². The van der Waals surface area contributed by atoms with E-state index in [1.807, 2.05) is 30.3 Å². The minimum absolute atomic E-state index is 0.317. The molecule has 0 spiro atoms. The Hall–Kier alpha value is -3.47. The molecule has 10 heteroatoms. The normalized spacial score (nSPS) is 12.5. The van der Waals surface area contributed by atoms with Crippen LogP contribution in [-0.4, -0.2) is 42.7 Å². The Morgan fingerprint density at radius 1 is 1.16 bits per heavy atom. The molecule has 0 saturated heterocycles. The lowest BCUT2D eigenvalue weighted by molar-refractivity contribution is -0.686. The van der Waals surface area contributed by atoms with E-state index in [2.05, 4.69) is 27.9 Å². The highest BCUT2D eigenvalue weighted by Crippen LogP contribution is 2.35. The number of aromatic amines is 1. The zero-order chi connectivity index (χ0) is 23.0. The van der Waals surface area contributed by atoms with Crippen LogP contribution in [0.1, 0.15) is 15.9 Å². The summed E-state index contributed by atoms with van der Waals surface area (Å²) < 4.78 is 45.4. The van der Waals surface area contributed by atoms with Crippen LogP contribution in [0.5, 0.6) is 5.75 Å². The SMILES string of the molecule is COC(=O)c1cccc2c[n+]3c(cc12)-c1[nH]c2cc(OC)ccc2c1CC3.O=S(=O)([O-])O. The van der Waals surface area contributed by atoms with Crippen LogP contribution in [0, 0.1) is 0 Å². The van der Waals surface area contributed by atoms with E-state index in [0.29, 0.717) is 5.56 Å². The summed E-state index contributed by atoms with van der Waals surface area (Å²) >= 11 is 0. The first-order chi connectivity index (χ1) is 15.2. The Balaban J connectivity index is 0.000000444. The van der Waals surface area contributed by atoms with E-state index in [0.717, 1.165) is 46.4 Å². The fraction of sp³-hybridized carbons (Fsp3) is 0.182. The summed E-state index contributed by atoms with van der Waals surface area (Å²) in [7, 11) is -1.83. The van der Waals surface area contributed by atoms with Gasteiger partial charge in [-0.3, -0.25) is 4.55 Å². The largest absolute Gasteiger partial charge is 0.726 e. The highest BCUT2D eigenvalue weighted by Gasteiger charge is 2.28. The molecule has 0 atom stereocenters. The molecule has 2 N–H and O–H groups in total. The molecule has 0 unspecified atom stereocenters. The number of hydrogen-bond donors (Lipinski definition) is 2. The Kier molecular flexibility index (Phi) is 5.59. The first-order valence-electron chi connectivity index (χ1n) is 9.61. The Labute approximate surface area is 183 Å². The minimum atomic E-state index is -4.92. The van der Waals surface area contributed by atoms with Gasteiger partial charge in [-0.1, -0.05) is 6.07 Å². The molecule has 2 aromatic carbocycles. The maximum atomic E-state index is 12.2. The number of benzene rings is 2. The van der Waals surface area contributed by atoms with Gasteiger partial charge in [0.25, 0.3) is 0 Å². The average molecular weight is 456 g/mol. The van der Waals surface area contributed by atoms with Gasteiger partial charge in [-0.25, -0.2) is 13.2 Å². The minimum Gasteiger partial charge on any atom is -0.726 e. The second-order valence-electron chi connectivity index (χ2n) is 7.22. The van der Waals surface area contributed by atoms with Crippen molar-refractivity contribution in [1.29, 1.82) is 0 Å². The van der Waals surface area contributed by atoms with Crippen molar-refractivity contribution < 1.29 is 36.4 Å². The van der Waals surface area contributed by atoms with Gasteiger partial charge in [-0.15, -0.1) is 0 Å². The summed E-state index contributed by atoms with van der Waals surface area (Å²) in [5.41, 5.74) is 5.14. The predicted octanol–water partition coefficient (Wildman–Crippen LogP) is 2.63. The fourth-order valence-corrected chi connectivity index (χ4v) is 4.07. The number of aryl methyl sites for hydroxylation is 2. The van der Waals surface area contributed by atoms with E-state index in [-0.39, 0.29) is 5.97 Å². The highest BCUT2D eigenvalue weighted by atomic mass is 32.3. The van der Waals surface area contributed by atoms with Gasteiger partial charge in [-0.05, 0) is 29.8 Å². The number of ether oxygens (including phenoxy) is 2. The number of aromatic nitrogens is 2. The number of methoxy groups -OCH3 is 2. The van der Waals surface area contributed by atoms with E-state index in [1.54, 1.807) is 7.11 Å². The molecule has 1 aliphatic heterocycles. The summed E-state index contributed by atoms with van der Waals surface area (Å²) in [6.07, 6.45) is 3.08. The number of carbonyl (C=O) groups excluding carboxylic acids is 1. The van der Waals surface area contributed by atoms with Gasteiger partial charge in [0.2, 0.25) is 16.1 Å². The van der Waals surface area contributed by atoms with E-state index in [9.17, 15) is 4.79 Å². The highest BCUT2D eigenvalue weighted by molar-refractivity contribution is 7.79. The van der Waals surface area contributed by atoms with Crippen molar-refractivity contribution >= 4 is 38.0 Å². The van der Waals surface area contributed by atoms with Gasteiger partial charge in [0.05, 0.1) is 25.3 Å². The molecule has 0 bridgehead atoms. The summed E-state index contributed by atoms with van der Waals surface area (Å²) in [6, 6.07) is 14.0. The fourth-order valence-electron chi connectivity index (χ4n) is 4.07. The summed E-state index contributed by atoms with van der Waals surface area (Å²) in [6.45, 7) is 0.902. The summed E-state index contributed by atoms with van der Waals surface area (Å²) in [4.78, 5) is 15.8. The summed E-state index contributed by atoms with van der Waals surface area (Å²) in [5, 5.41) is 3.15. The molecule has 5 rings (SSSR count). The maximum Gasteiger partial charge on any atom is 0.338 e. The number of pyridine rings is 1. The third-order valence-corrected chi connectivity index (χ3v) is 5.40. The molecule has 0 aliphatic carbocycles. The summed E-state index contributed by atoms with van der Waals surface area (Å²) in [5.74, 6) is 0.517. The number of carbonyl (C=O) groups is 1. The molecular formula is C22H20N2O7S. The number of rotatable bonds is 2. The van der Waals surface area contributed by atoms with E-state index >= 15 is 0 Å². The van der Waals surface area contributed by atoms with E-state index < -0.39 is 10.4 Å². The van der Waals surface area contributed by atoms with Crippen LogP contribution in [0.15, 0.2) is 48.7 Å². The number of hydrogen-bond acceptors (Lipinski definition) is 6. The van der Waals surface area contributed by atoms with Crippen LogP contribution in [-0.2, 0) is 28.1 Å². The van der Waals surface area contributed by atoms with Crippen LogP contribution in [0.3, 0.4) is 0 Å². The number of nitrogens with zero attached hydrogens (tertiary/aromatic N) is 1. The monoisotopic (exact) mass is 456 g/mol. The molecule has 9 nitrogen and oxygen atoms in total. The van der Waals surface area contributed by atoms with Crippen molar-refractivity contribution in [3.05, 3.63) is 59.8 Å². The standard InChI is InChI=1S/C22H18N2O3.H2O4S/c1-26-14-6-7-15-16-8-9-24-12-13-4-3-5-17(22(25)27-2)18(13)11-20(24)21(16)23-19(15)10-14;1-5(2,3)4/h3-7,10-12H,8-9H2,1-2H3;(H2,1,2,3,4). The van der Waals surface area contributed by atoms with Gasteiger partial charge in [0.15, 0.2) is 12.7 Å².